The van der Waals surface area contributed by atoms with Gasteiger partial charge in [-0.3, -0.25) is 9.88 Å². The first kappa shape index (κ1) is 21.8. The van der Waals surface area contributed by atoms with Gasteiger partial charge in [0.2, 0.25) is 0 Å². The normalized spacial score (nSPS) is 16.6. The van der Waals surface area contributed by atoms with Gasteiger partial charge in [0.1, 0.15) is 0 Å². The van der Waals surface area contributed by atoms with Crippen LogP contribution in [0.1, 0.15) is 28.8 Å². The summed E-state index contributed by atoms with van der Waals surface area (Å²) in [6.07, 6.45) is -1.81. The predicted molar refractivity (Wildman–Crippen MR) is 117 cm³/mol. The number of aromatic nitrogens is 1. The quantitative estimate of drug-likeness (QED) is 0.529. The summed E-state index contributed by atoms with van der Waals surface area (Å²) in [4.78, 5) is 8.69. The molecule has 4 nitrogen and oxygen atoms in total. The van der Waals surface area contributed by atoms with Gasteiger partial charge in [0.15, 0.2) is 0 Å². The molecule has 0 unspecified atom stereocenters. The van der Waals surface area contributed by atoms with Gasteiger partial charge in [-0.25, -0.2) is 0 Å². The number of hydrogen-bond donors (Lipinski definition) is 0. The van der Waals surface area contributed by atoms with Crippen LogP contribution in [-0.2, 0) is 19.3 Å². The predicted octanol–water partition coefficient (Wildman–Crippen LogP) is 5.25. The smallest absolute Gasteiger partial charge is 0.363 e. The minimum absolute atomic E-state index is 0.0490. The fraction of sp³-hybridized carbons (Fsp3) is 0.280. The van der Waals surface area contributed by atoms with Crippen molar-refractivity contribution in [1.82, 2.24) is 9.88 Å². The summed E-state index contributed by atoms with van der Waals surface area (Å²) < 4.78 is 40.8. The highest BCUT2D eigenvalue weighted by atomic mass is 19.4. The highest BCUT2D eigenvalue weighted by molar-refractivity contribution is 5.52. The molecule has 7 heteroatoms. The van der Waals surface area contributed by atoms with Gasteiger partial charge in [-0.1, -0.05) is 24.3 Å². The number of rotatable bonds is 6. The SMILES string of the molecule is N#Cc1ccc(N(Cc2ccccc2C(F)(F)F)[C@H]2CCN(Cc3ccccn3)C2)cc1. The lowest BCUT2D eigenvalue weighted by atomic mass is 10.0. The van der Waals surface area contributed by atoms with Crippen LogP contribution in [0, 0.1) is 11.3 Å². The number of pyridine rings is 1. The minimum atomic E-state index is -4.41. The molecule has 2 heterocycles. The lowest BCUT2D eigenvalue weighted by molar-refractivity contribution is -0.138. The van der Waals surface area contributed by atoms with E-state index in [4.69, 9.17) is 5.26 Å². The first-order chi connectivity index (χ1) is 15.4. The van der Waals surface area contributed by atoms with Crippen LogP contribution >= 0.6 is 0 Å². The summed E-state index contributed by atoms with van der Waals surface area (Å²) in [7, 11) is 0. The van der Waals surface area contributed by atoms with E-state index in [9.17, 15) is 13.2 Å². The highest BCUT2D eigenvalue weighted by Crippen LogP contribution is 2.34. The van der Waals surface area contributed by atoms with Gasteiger partial charge in [0, 0.05) is 44.1 Å². The number of nitrogens with zero attached hydrogens (tertiary/aromatic N) is 4. The lowest BCUT2D eigenvalue weighted by Crippen LogP contribution is -2.37. The molecule has 1 aliphatic rings. The molecule has 3 aromatic rings. The van der Waals surface area contributed by atoms with E-state index in [0.717, 1.165) is 37.0 Å². The average Bonchev–Trinajstić information content (AvgIpc) is 3.26. The first-order valence-corrected chi connectivity index (χ1v) is 10.5. The maximum Gasteiger partial charge on any atom is 0.416 e. The molecule has 1 aliphatic heterocycles. The number of alkyl halides is 3. The summed E-state index contributed by atoms with van der Waals surface area (Å²) >= 11 is 0. The van der Waals surface area contributed by atoms with Gasteiger partial charge in [0.25, 0.3) is 0 Å². The van der Waals surface area contributed by atoms with E-state index in [2.05, 4.69) is 16.0 Å². The largest absolute Gasteiger partial charge is 0.416 e. The lowest BCUT2D eigenvalue weighted by Gasteiger charge is -2.32. The van der Waals surface area contributed by atoms with E-state index in [0.29, 0.717) is 12.1 Å². The van der Waals surface area contributed by atoms with Crippen LogP contribution in [0.2, 0.25) is 0 Å². The number of halogens is 3. The van der Waals surface area contributed by atoms with Crippen LogP contribution in [0.15, 0.2) is 72.9 Å². The zero-order valence-corrected chi connectivity index (χ0v) is 17.5. The molecule has 1 aromatic heterocycles. The van der Waals surface area contributed by atoms with Crippen molar-refractivity contribution in [3.05, 3.63) is 95.3 Å². The molecule has 2 aromatic carbocycles. The Labute approximate surface area is 185 Å². The van der Waals surface area contributed by atoms with Gasteiger partial charge < -0.3 is 4.90 Å². The van der Waals surface area contributed by atoms with Gasteiger partial charge >= 0.3 is 6.18 Å². The second-order valence-corrected chi connectivity index (χ2v) is 7.94. The van der Waals surface area contributed by atoms with E-state index in [1.165, 1.54) is 6.07 Å². The molecule has 4 rings (SSSR count). The fourth-order valence-electron chi connectivity index (χ4n) is 4.21. The number of likely N-dealkylation sites (tertiary alicyclic amines) is 1. The summed E-state index contributed by atoms with van der Waals surface area (Å²) in [6.45, 7) is 2.42. The van der Waals surface area contributed by atoms with Crippen molar-refractivity contribution in [1.29, 1.82) is 5.26 Å². The Kier molecular flexibility index (Phi) is 6.42. The van der Waals surface area contributed by atoms with Crippen molar-refractivity contribution in [2.75, 3.05) is 18.0 Å². The Balaban J connectivity index is 1.60. The van der Waals surface area contributed by atoms with Crippen LogP contribution in [0.3, 0.4) is 0 Å². The van der Waals surface area contributed by atoms with Gasteiger partial charge in [-0.05, 0) is 54.4 Å². The molecule has 0 bridgehead atoms. The van der Waals surface area contributed by atoms with E-state index in [1.54, 1.807) is 30.5 Å². The second-order valence-electron chi connectivity index (χ2n) is 7.94. The molecule has 1 atom stereocenters. The Morgan fingerprint density at radius 3 is 2.47 bits per heavy atom. The van der Waals surface area contributed by atoms with E-state index in [1.807, 2.05) is 35.2 Å². The third kappa shape index (κ3) is 5.09. The third-order valence-corrected chi connectivity index (χ3v) is 5.79. The minimum Gasteiger partial charge on any atom is -0.363 e. The van der Waals surface area contributed by atoms with Crippen LogP contribution in [0.4, 0.5) is 18.9 Å². The van der Waals surface area contributed by atoms with Gasteiger partial charge in [-0.15, -0.1) is 0 Å². The molecular formula is C25H23F3N4. The van der Waals surface area contributed by atoms with Crippen LogP contribution < -0.4 is 4.90 Å². The van der Waals surface area contributed by atoms with Crippen LogP contribution in [-0.4, -0.2) is 29.0 Å². The van der Waals surface area contributed by atoms with E-state index < -0.39 is 11.7 Å². The summed E-state index contributed by atoms with van der Waals surface area (Å²) in [5, 5.41) is 9.11. The molecule has 0 amide bonds. The maximum atomic E-state index is 13.6. The van der Waals surface area contributed by atoms with Crippen molar-refractivity contribution in [2.45, 2.75) is 31.7 Å². The number of hydrogen-bond acceptors (Lipinski definition) is 4. The molecular weight excluding hydrogens is 413 g/mol. The molecule has 1 fully saturated rings. The van der Waals surface area contributed by atoms with Crippen LogP contribution in [0.5, 0.6) is 0 Å². The van der Waals surface area contributed by atoms with Gasteiger partial charge in [0.05, 0.1) is 22.9 Å². The summed E-state index contributed by atoms with van der Waals surface area (Å²) in [5.41, 5.74) is 1.94. The molecule has 1 saturated heterocycles. The zero-order chi connectivity index (χ0) is 22.6. The summed E-state index contributed by atoms with van der Waals surface area (Å²) in [5.74, 6) is 0. The molecule has 0 spiro atoms. The Bertz CT molecular complexity index is 1070. The third-order valence-electron chi connectivity index (χ3n) is 5.79. The summed E-state index contributed by atoms with van der Waals surface area (Å²) in [6, 6.07) is 20.7. The Hall–Kier alpha value is -3.37. The van der Waals surface area contributed by atoms with Crippen molar-refractivity contribution in [3.8, 4) is 6.07 Å². The van der Waals surface area contributed by atoms with Gasteiger partial charge in [-0.2, -0.15) is 18.4 Å². The topological polar surface area (TPSA) is 43.2 Å². The average molecular weight is 436 g/mol. The van der Waals surface area contributed by atoms with Crippen molar-refractivity contribution in [2.24, 2.45) is 0 Å². The molecule has 32 heavy (non-hydrogen) atoms. The number of anilines is 1. The molecule has 0 aliphatic carbocycles. The highest BCUT2D eigenvalue weighted by Gasteiger charge is 2.35. The maximum absolute atomic E-state index is 13.6. The number of nitriles is 1. The molecule has 164 valence electrons. The Morgan fingerprint density at radius 1 is 1.03 bits per heavy atom. The molecule has 0 saturated carbocycles. The van der Waals surface area contributed by atoms with Crippen molar-refractivity contribution < 1.29 is 13.2 Å². The molecule has 0 radical (unpaired) electrons. The standard InChI is InChI=1S/C25H23F3N4/c26-25(27,28)24-7-2-1-5-20(24)16-32(22-10-8-19(15-29)9-11-22)23-12-14-31(18-23)17-21-6-3-4-13-30-21/h1-11,13,23H,12,14,16-18H2/t23-/m0/s1. The van der Waals surface area contributed by atoms with E-state index in [-0.39, 0.29) is 18.2 Å². The Morgan fingerprint density at radius 2 is 1.78 bits per heavy atom. The monoisotopic (exact) mass is 436 g/mol. The first-order valence-electron chi connectivity index (χ1n) is 10.5. The number of benzene rings is 2. The molecule has 0 N–H and O–H groups in total. The zero-order valence-electron chi connectivity index (χ0n) is 17.5. The van der Waals surface area contributed by atoms with E-state index >= 15 is 0 Å². The fourth-order valence-corrected chi connectivity index (χ4v) is 4.21. The van der Waals surface area contributed by atoms with Crippen molar-refractivity contribution >= 4 is 5.69 Å². The van der Waals surface area contributed by atoms with Crippen molar-refractivity contribution in [3.63, 3.8) is 0 Å². The second kappa shape index (κ2) is 9.41. The van der Waals surface area contributed by atoms with Crippen LogP contribution in [0.25, 0.3) is 0 Å².